The normalized spacial score (nSPS) is 9.67. The molecule has 0 saturated heterocycles. The molecule has 124 valence electrons. The number of hydrogen-bond donors (Lipinski definition) is 2. The Hall–Kier alpha value is -3.20. The van der Waals surface area contributed by atoms with Gasteiger partial charge in [-0.1, -0.05) is 18.2 Å². The van der Waals surface area contributed by atoms with Crippen LogP contribution in [0.1, 0.15) is 5.56 Å². The lowest BCUT2D eigenvalue weighted by Crippen LogP contribution is -2.30. The summed E-state index contributed by atoms with van der Waals surface area (Å²) >= 11 is 0. The van der Waals surface area contributed by atoms with E-state index in [1.807, 2.05) is 30.3 Å². The van der Waals surface area contributed by atoms with E-state index in [-0.39, 0.29) is 12.6 Å². The molecule has 0 aliphatic heterocycles. The van der Waals surface area contributed by atoms with Crippen molar-refractivity contribution in [2.45, 2.75) is 6.42 Å². The highest BCUT2D eigenvalue weighted by Crippen LogP contribution is 2.17. The van der Waals surface area contributed by atoms with E-state index in [4.69, 9.17) is 14.7 Å². The Morgan fingerprint density at radius 2 is 1.96 bits per heavy atom. The first kappa shape index (κ1) is 17.2. The third kappa shape index (κ3) is 5.54. The average molecular weight is 325 g/mol. The first-order chi connectivity index (χ1) is 11.7. The maximum absolute atomic E-state index is 11.9. The average Bonchev–Trinajstić information content (AvgIpc) is 2.61. The molecule has 0 saturated carbocycles. The molecule has 2 rings (SSSR count). The maximum Gasteiger partial charge on any atom is 0.319 e. The Bertz CT molecular complexity index is 708. The van der Waals surface area contributed by atoms with E-state index in [2.05, 4.69) is 10.6 Å². The molecule has 6 heteroatoms. The van der Waals surface area contributed by atoms with E-state index >= 15 is 0 Å². The lowest BCUT2D eigenvalue weighted by atomic mass is 10.1. The Kier molecular flexibility index (Phi) is 6.47. The summed E-state index contributed by atoms with van der Waals surface area (Å²) in [4.78, 5) is 11.9. The zero-order valence-electron chi connectivity index (χ0n) is 13.4. The summed E-state index contributed by atoms with van der Waals surface area (Å²) < 4.78 is 10.3. The number of hydrogen-bond acceptors (Lipinski definition) is 4. The molecule has 2 N–H and O–H groups in total. The van der Waals surface area contributed by atoms with Crippen molar-refractivity contribution in [2.24, 2.45) is 0 Å². The molecule has 0 atom stereocenters. The van der Waals surface area contributed by atoms with Crippen molar-refractivity contribution in [3.63, 3.8) is 0 Å². The van der Waals surface area contributed by atoms with Crippen molar-refractivity contribution in [3.05, 3.63) is 54.1 Å². The Balaban J connectivity index is 1.77. The van der Waals surface area contributed by atoms with Crippen LogP contribution in [0.4, 0.5) is 10.5 Å². The number of anilines is 1. The van der Waals surface area contributed by atoms with E-state index in [1.165, 1.54) is 0 Å². The standard InChI is InChI=1S/C18H19N3O3/c1-23-16-7-5-14(6-8-16)9-11-20-18(22)21-15-3-2-4-17(13-15)24-12-10-19/h2-8,13H,9,11-12H2,1H3,(H2,20,21,22). The number of benzene rings is 2. The topological polar surface area (TPSA) is 83.4 Å². The van der Waals surface area contributed by atoms with Gasteiger partial charge in [-0.2, -0.15) is 5.26 Å². The van der Waals surface area contributed by atoms with Crippen molar-refractivity contribution >= 4 is 11.7 Å². The molecule has 0 unspecified atom stereocenters. The van der Waals surface area contributed by atoms with Crippen molar-refractivity contribution in [1.82, 2.24) is 5.32 Å². The molecule has 2 aromatic rings. The van der Waals surface area contributed by atoms with Gasteiger partial charge in [0, 0.05) is 18.3 Å². The van der Waals surface area contributed by atoms with Gasteiger partial charge in [-0.15, -0.1) is 0 Å². The SMILES string of the molecule is COc1ccc(CCNC(=O)Nc2cccc(OCC#N)c2)cc1. The highest BCUT2D eigenvalue weighted by atomic mass is 16.5. The van der Waals surface area contributed by atoms with E-state index in [0.717, 1.165) is 17.7 Å². The van der Waals surface area contributed by atoms with Gasteiger partial charge in [-0.05, 0) is 36.2 Å². The predicted molar refractivity (Wildman–Crippen MR) is 91.3 cm³/mol. The van der Waals surface area contributed by atoms with Crippen LogP contribution in [-0.4, -0.2) is 26.3 Å². The zero-order valence-corrected chi connectivity index (χ0v) is 13.4. The summed E-state index contributed by atoms with van der Waals surface area (Å²) in [5.41, 5.74) is 1.72. The number of methoxy groups -OCH3 is 1. The summed E-state index contributed by atoms with van der Waals surface area (Å²) in [5, 5.41) is 14.0. The monoisotopic (exact) mass is 325 g/mol. The smallest absolute Gasteiger partial charge is 0.319 e. The fraction of sp³-hybridized carbons (Fsp3) is 0.222. The summed E-state index contributed by atoms with van der Waals surface area (Å²) in [7, 11) is 1.63. The van der Waals surface area contributed by atoms with Gasteiger partial charge in [0.15, 0.2) is 6.61 Å². The number of nitriles is 1. The largest absolute Gasteiger partial charge is 0.497 e. The molecule has 0 spiro atoms. The summed E-state index contributed by atoms with van der Waals surface area (Å²) in [6.45, 7) is 0.486. The second-order valence-electron chi connectivity index (χ2n) is 4.95. The summed E-state index contributed by atoms with van der Waals surface area (Å²) in [6, 6.07) is 16.2. The molecule has 2 aromatic carbocycles. The van der Waals surface area contributed by atoms with Crippen LogP contribution in [0.15, 0.2) is 48.5 Å². The number of ether oxygens (including phenoxy) is 2. The molecular weight excluding hydrogens is 306 g/mol. The first-order valence-electron chi connectivity index (χ1n) is 7.49. The van der Waals surface area contributed by atoms with Crippen molar-refractivity contribution in [1.29, 1.82) is 5.26 Å². The minimum absolute atomic E-state index is 0.0302. The lowest BCUT2D eigenvalue weighted by Gasteiger charge is -2.09. The van der Waals surface area contributed by atoms with Crippen molar-refractivity contribution in [2.75, 3.05) is 25.6 Å². The van der Waals surface area contributed by atoms with Gasteiger partial charge in [-0.25, -0.2) is 4.79 Å². The lowest BCUT2D eigenvalue weighted by molar-refractivity contribution is 0.252. The van der Waals surface area contributed by atoms with Crippen LogP contribution >= 0.6 is 0 Å². The molecule has 0 radical (unpaired) electrons. The molecule has 0 aliphatic carbocycles. The van der Waals surface area contributed by atoms with Crippen molar-refractivity contribution < 1.29 is 14.3 Å². The van der Waals surface area contributed by atoms with Gasteiger partial charge in [0.1, 0.15) is 17.6 Å². The third-order valence-corrected chi connectivity index (χ3v) is 3.25. The fourth-order valence-electron chi connectivity index (χ4n) is 2.07. The minimum atomic E-state index is -0.291. The van der Waals surface area contributed by atoms with Crippen LogP contribution in [0.5, 0.6) is 11.5 Å². The molecule has 2 amide bonds. The second kappa shape index (κ2) is 9.06. The van der Waals surface area contributed by atoms with Gasteiger partial charge in [-0.3, -0.25) is 0 Å². The van der Waals surface area contributed by atoms with E-state index < -0.39 is 0 Å². The fourth-order valence-corrected chi connectivity index (χ4v) is 2.07. The van der Waals surface area contributed by atoms with Crippen LogP contribution in [0.3, 0.4) is 0 Å². The van der Waals surface area contributed by atoms with E-state index in [0.29, 0.717) is 18.0 Å². The van der Waals surface area contributed by atoms with E-state index in [9.17, 15) is 4.79 Å². The second-order valence-corrected chi connectivity index (χ2v) is 4.95. The number of nitrogens with zero attached hydrogens (tertiary/aromatic N) is 1. The highest BCUT2D eigenvalue weighted by Gasteiger charge is 2.03. The Morgan fingerprint density at radius 3 is 2.67 bits per heavy atom. The molecule has 0 aromatic heterocycles. The molecule has 0 aliphatic rings. The number of carbonyl (C=O) groups excluding carboxylic acids is 1. The van der Waals surface area contributed by atoms with Gasteiger partial charge < -0.3 is 20.1 Å². The van der Waals surface area contributed by atoms with Gasteiger partial charge in [0.05, 0.1) is 7.11 Å². The number of nitrogens with one attached hydrogen (secondary N) is 2. The maximum atomic E-state index is 11.9. The van der Waals surface area contributed by atoms with E-state index in [1.54, 1.807) is 31.4 Å². The van der Waals surface area contributed by atoms with Crippen LogP contribution in [0.2, 0.25) is 0 Å². The molecule has 0 heterocycles. The van der Waals surface area contributed by atoms with Crippen LogP contribution < -0.4 is 20.1 Å². The van der Waals surface area contributed by atoms with Crippen molar-refractivity contribution in [3.8, 4) is 17.6 Å². The van der Waals surface area contributed by atoms with Gasteiger partial charge >= 0.3 is 6.03 Å². The number of rotatable bonds is 7. The van der Waals surface area contributed by atoms with Gasteiger partial charge in [0.25, 0.3) is 0 Å². The molecule has 0 fully saturated rings. The highest BCUT2D eigenvalue weighted by molar-refractivity contribution is 5.89. The number of amides is 2. The Morgan fingerprint density at radius 1 is 1.17 bits per heavy atom. The predicted octanol–water partition coefficient (Wildman–Crippen LogP) is 2.96. The van der Waals surface area contributed by atoms with Crippen LogP contribution in [-0.2, 0) is 6.42 Å². The Labute approximate surface area is 141 Å². The molecular formula is C18H19N3O3. The van der Waals surface area contributed by atoms with Crippen LogP contribution in [0, 0.1) is 11.3 Å². The number of urea groups is 1. The quantitative estimate of drug-likeness (QED) is 0.820. The van der Waals surface area contributed by atoms with Gasteiger partial charge in [0.2, 0.25) is 0 Å². The summed E-state index contributed by atoms with van der Waals surface area (Å²) in [5.74, 6) is 1.34. The summed E-state index contributed by atoms with van der Waals surface area (Å²) in [6.07, 6.45) is 0.725. The molecule has 0 bridgehead atoms. The van der Waals surface area contributed by atoms with Crippen LogP contribution in [0.25, 0.3) is 0 Å². The first-order valence-corrected chi connectivity index (χ1v) is 7.49. The molecule has 6 nitrogen and oxygen atoms in total. The minimum Gasteiger partial charge on any atom is -0.497 e. The third-order valence-electron chi connectivity index (χ3n) is 3.25. The zero-order chi connectivity index (χ0) is 17.2. The number of carbonyl (C=O) groups is 1. The molecule has 24 heavy (non-hydrogen) atoms.